The molecule has 8 N–H and O–H groups in total. The third kappa shape index (κ3) is 4.33. The van der Waals surface area contributed by atoms with E-state index in [9.17, 15) is 10.5 Å². The molecule has 0 unspecified atom stereocenters. The van der Waals surface area contributed by atoms with Crippen molar-refractivity contribution in [2.45, 2.75) is 9.79 Å². The monoisotopic (exact) mass is 480 g/mol. The van der Waals surface area contributed by atoms with Crippen LogP contribution in [0.15, 0.2) is 104 Å². The van der Waals surface area contributed by atoms with Crippen LogP contribution in [0.25, 0.3) is 21.5 Å². The Hall–Kier alpha value is -4.24. The molecule has 4 aromatic rings. The average molecular weight is 481 g/mol. The van der Waals surface area contributed by atoms with Gasteiger partial charge in [0.1, 0.15) is 23.3 Å². The maximum Gasteiger partial charge on any atom is 0.103 e. The number of nitrogens with two attached hydrogens (primary N) is 4. The average Bonchev–Trinajstić information content (AvgIpc) is 2.86. The maximum atomic E-state index is 9.82. The fourth-order valence-corrected chi connectivity index (χ4v) is 5.22. The number of thioether (sulfide) groups is 2. The Morgan fingerprint density at radius 3 is 1.35 bits per heavy atom. The van der Waals surface area contributed by atoms with Gasteiger partial charge in [0.15, 0.2) is 0 Å². The summed E-state index contributed by atoms with van der Waals surface area (Å²) in [6.07, 6.45) is 0. The lowest BCUT2D eigenvalue weighted by Gasteiger charge is -2.12. The summed E-state index contributed by atoms with van der Waals surface area (Å²) in [4.78, 5) is 1.37. The molecule has 0 atom stereocenters. The van der Waals surface area contributed by atoms with Gasteiger partial charge in [-0.2, -0.15) is 10.5 Å². The minimum absolute atomic E-state index is 0.00980. The van der Waals surface area contributed by atoms with Crippen LogP contribution < -0.4 is 22.9 Å². The van der Waals surface area contributed by atoms with Gasteiger partial charge >= 0.3 is 0 Å². The molecule has 6 nitrogen and oxygen atoms in total. The van der Waals surface area contributed by atoms with Crippen molar-refractivity contribution in [1.29, 1.82) is 10.5 Å². The summed E-state index contributed by atoms with van der Waals surface area (Å²) in [5.41, 5.74) is 26.3. The smallest absolute Gasteiger partial charge is 0.103 e. The molecule has 0 aromatic heterocycles. The Labute approximate surface area is 205 Å². The number of hydrogen-bond donors (Lipinski definition) is 4. The summed E-state index contributed by atoms with van der Waals surface area (Å²) in [5.74, 6) is 0. The molecular weight excluding hydrogens is 460 g/mol. The van der Waals surface area contributed by atoms with Gasteiger partial charge in [-0.05, 0) is 22.9 Å². The van der Waals surface area contributed by atoms with Gasteiger partial charge in [0.25, 0.3) is 0 Å². The molecule has 4 rings (SSSR count). The van der Waals surface area contributed by atoms with Crippen LogP contribution in [0.2, 0.25) is 0 Å². The molecular formula is C26H20N6S2. The molecule has 166 valence electrons. The number of hydrogen-bond acceptors (Lipinski definition) is 8. The first-order valence-electron chi connectivity index (χ1n) is 10.1. The van der Waals surface area contributed by atoms with E-state index in [-0.39, 0.29) is 21.2 Å². The number of nitrogens with zero attached hydrogens (tertiary/aromatic N) is 2. The minimum Gasteiger partial charge on any atom is -0.397 e. The minimum atomic E-state index is -0.00980. The van der Waals surface area contributed by atoms with Gasteiger partial charge in [-0.1, -0.05) is 84.2 Å². The largest absolute Gasteiger partial charge is 0.397 e. The van der Waals surface area contributed by atoms with E-state index in [0.29, 0.717) is 21.2 Å². The quantitative estimate of drug-likeness (QED) is 0.128. The Morgan fingerprint density at radius 1 is 0.588 bits per heavy atom. The SMILES string of the molecule is N#CC(=C(/N)Sc1ccc2ccccc2c1N)/C(C#N)=C(\N)Sc1ccc2ccccc2c1N. The van der Waals surface area contributed by atoms with Gasteiger partial charge in [-0.25, -0.2) is 0 Å². The first-order chi connectivity index (χ1) is 16.4. The van der Waals surface area contributed by atoms with Crippen LogP contribution in [0, 0.1) is 22.7 Å². The lowest BCUT2D eigenvalue weighted by atomic mass is 10.1. The van der Waals surface area contributed by atoms with E-state index in [4.69, 9.17) is 22.9 Å². The van der Waals surface area contributed by atoms with E-state index in [1.807, 2.05) is 84.9 Å². The van der Waals surface area contributed by atoms with Gasteiger partial charge in [0.2, 0.25) is 0 Å². The summed E-state index contributed by atoms with van der Waals surface area (Å²) in [6.45, 7) is 0. The predicted molar refractivity (Wildman–Crippen MR) is 142 cm³/mol. The zero-order valence-electron chi connectivity index (χ0n) is 17.9. The van der Waals surface area contributed by atoms with Crippen molar-refractivity contribution in [2.75, 3.05) is 11.5 Å². The number of nitriles is 2. The lowest BCUT2D eigenvalue weighted by Crippen LogP contribution is -2.06. The number of allylic oxidation sites excluding steroid dienone is 2. The van der Waals surface area contributed by atoms with Gasteiger partial charge in [0, 0.05) is 20.6 Å². The highest BCUT2D eigenvalue weighted by Crippen LogP contribution is 2.39. The topological polar surface area (TPSA) is 152 Å². The number of benzene rings is 4. The molecule has 0 heterocycles. The highest BCUT2D eigenvalue weighted by atomic mass is 32.2. The fourth-order valence-electron chi connectivity index (χ4n) is 3.54. The molecule has 0 radical (unpaired) electrons. The summed E-state index contributed by atoms with van der Waals surface area (Å²) in [6, 6.07) is 27.0. The normalized spacial score (nSPS) is 12.5. The molecule has 4 aromatic carbocycles. The van der Waals surface area contributed by atoms with Gasteiger partial charge in [0.05, 0.1) is 21.4 Å². The van der Waals surface area contributed by atoms with Gasteiger partial charge < -0.3 is 22.9 Å². The van der Waals surface area contributed by atoms with Crippen molar-refractivity contribution in [3.05, 3.63) is 94.0 Å². The molecule has 0 saturated heterocycles. The summed E-state index contributed by atoms with van der Waals surface area (Å²) >= 11 is 2.25. The first kappa shape index (κ1) is 22.9. The second-order valence-electron chi connectivity index (χ2n) is 7.30. The van der Waals surface area contributed by atoms with Crippen molar-refractivity contribution in [3.63, 3.8) is 0 Å². The molecule has 0 saturated carbocycles. The highest BCUT2D eigenvalue weighted by molar-refractivity contribution is 8.03. The molecule has 0 aliphatic heterocycles. The Bertz CT molecular complexity index is 1460. The number of nitrogen functional groups attached to an aromatic ring is 2. The number of anilines is 2. The van der Waals surface area contributed by atoms with Crippen LogP contribution in [-0.4, -0.2) is 0 Å². The van der Waals surface area contributed by atoms with E-state index in [0.717, 1.165) is 45.1 Å². The van der Waals surface area contributed by atoms with Crippen molar-refractivity contribution in [1.82, 2.24) is 0 Å². The molecule has 0 aliphatic carbocycles. The molecule has 0 aliphatic rings. The molecule has 0 spiro atoms. The second kappa shape index (κ2) is 9.72. The van der Waals surface area contributed by atoms with E-state index in [2.05, 4.69) is 0 Å². The van der Waals surface area contributed by atoms with Gasteiger partial charge in [-0.3, -0.25) is 0 Å². The summed E-state index contributed by atoms with van der Waals surface area (Å²) in [5, 5.41) is 23.7. The molecule has 0 bridgehead atoms. The van der Waals surface area contributed by atoms with Crippen LogP contribution in [-0.2, 0) is 0 Å². The van der Waals surface area contributed by atoms with Crippen LogP contribution in [0.3, 0.4) is 0 Å². The van der Waals surface area contributed by atoms with E-state index >= 15 is 0 Å². The van der Waals surface area contributed by atoms with Gasteiger partial charge in [-0.15, -0.1) is 0 Å². The summed E-state index contributed by atoms with van der Waals surface area (Å²) in [7, 11) is 0. The second-order valence-corrected chi connectivity index (χ2v) is 9.47. The zero-order valence-corrected chi connectivity index (χ0v) is 19.6. The fraction of sp³-hybridized carbons (Fsp3) is 0. The first-order valence-corrected chi connectivity index (χ1v) is 11.8. The zero-order chi connectivity index (χ0) is 24.2. The summed E-state index contributed by atoms with van der Waals surface area (Å²) < 4.78 is 0. The van der Waals surface area contributed by atoms with Crippen LogP contribution in [0.4, 0.5) is 11.4 Å². The van der Waals surface area contributed by atoms with E-state index in [1.165, 1.54) is 0 Å². The van der Waals surface area contributed by atoms with E-state index < -0.39 is 0 Å². The van der Waals surface area contributed by atoms with Crippen LogP contribution in [0.5, 0.6) is 0 Å². The van der Waals surface area contributed by atoms with E-state index in [1.54, 1.807) is 0 Å². The third-order valence-electron chi connectivity index (χ3n) is 5.27. The van der Waals surface area contributed by atoms with Crippen LogP contribution >= 0.6 is 23.5 Å². The Balaban J connectivity index is 1.71. The van der Waals surface area contributed by atoms with Crippen molar-refractivity contribution >= 4 is 56.4 Å². The lowest BCUT2D eigenvalue weighted by molar-refractivity contribution is 1.34. The third-order valence-corrected chi connectivity index (χ3v) is 7.27. The predicted octanol–water partition coefficient (Wildman–Crippen LogP) is 5.43. The highest BCUT2D eigenvalue weighted by Gasteiger charge is 2.18. The van der Waals surface area contributed by atoms with Crippen LogP contribution in [0.1, 0.15) is 0 Å². The maximum absolute atomic E-state index is 9.82. The Morgan fingerprint density at radius 2 is 0.971 bits per heavy atom. The molecule has 0 fully saturated rings. The van der Waals surface area contributed by atoms with Crippen molar-refractivity contribution in [2.24, 2.45) is 11.5 Å². The standard InChI is InChI=1S/C26H20N6S2/c27-13-19(25(31)33-21-11-9-15-5-1-3-7-17(15)23(21)29)20(14-28)26(32)34-22-12-10-16-6-2-4-8-18(16)24(22)30/h1-12H,29-32H2/b25-19+,26-20+. The number of rotatable bonds is 5. The van der Waals surface area contributed by atoms with Crippen molar-refractivity contribution < 1.29 is 0 Å². The number of fused-ring (bicyclic) bond motifs is 2. The Kier molecular flexibility index (Phi) is 6.55. The van der Waals surface area contributed by atoms with Crippen molar-refractivity contribution in [3.8, 4) is 12.1 Å². The molecule has 0 amide bonds. The molecule has 34 heavy (non-hydrogen) atoms. The molecule has 8 heteroatoms.